The zero-order chi connectivity index (χ0) is 23.7. The van der Waals surface area contributed by atoms with Gasteiger partial charge in [0.2, 0.25) is 0 Å². The third-order valence-electron chi connectivity index (χ3n) is 5.57. The molecule has 1 aliphatic rings. The predicted octanol–water partition coefficient (Wildman–Crippen LogP) is 6.66. The zero-order valence-corrected chi connectivity index (χ0v) is 18.6. The highest BCUT2D eigenvalue weighted by Gasteiger charge is 2.31. The molecule has 1 aromatic heterocycles. The van der Waals surface area contributed by atoms with Crippen LogP contribution in [0.4, 0.5) is 13.2 Å². The molecule has 172 valence electrons. The number of hydrogen-bond acceptors (Lipinski definition) is 4. The molecule has 0 spiro atoms. The molecule has 4 nitrogen and oxygen atoms in total. The van der Waals surface area contributed by atoms with Gasteiger partial charge in [0.25, 0.3) is 0 Å². The highest BCUT2D eigenvalue weighted by atomic mass is 35.5. The molecule has 5 rings (SSSR count). The summed E-state index contributed by atoms with van der Waals surface area (Å²) in [5.74, 6) is 1.03. The Bertz CT molecular complexity index is 1370. The van der Waals surface area contributed by atoms with Gasteiger partial charge in [-0.05, 0) is 48.4 Å². The van der Waals surface area contributed by atoms with Crippen LogP contribution in [0.1, 0.15) is 16.7 Å². The summed E-state index contributed by atoms with van der Waals surface area (Å²) in [6, 6.07) is 20.0. The van der Waals surface area contributed by atoms with E-state index < -0.39 is 11.7 Å². The van der Waals surface area contributed by atoms with Crippen molar-refractivity contribution in [3.05, 3.63) is 101 Å². The number of aromatic nitrogens is 1. The first-order valence-electron chi connectivity index (χ1n) is 10.7. The van der Waals surface area contributed by atoms with Gasteiger partial charge in [0.1, 0.15) is 11.6 Å². The predicted molar refractivity (Wildman–Crippen MR) is 127 cm³/mol. The standard InChI is InChI=1S/C26H19ClF3N3O/c27-18-10-8-16(9-11-18)12-19-14-32-25(33-19)24-21-6-1-2-7-22(21)31-15-23(24)34-20-5-3-4-17(13-20)26(28,29)30/h1-11,13,15,19H,12,14H2,(H,32,33)/t19-/m1/s1. The van der Waals surface area contributed by atoms with Crippen LogP contribution in [-0.4, -0.2) is 23.4 Å². The van der Waals surface area contributed by atoms with Gasteiger partial charge in [0.15, 0.2) is 5.75 Å². The maximum Gasteiger partial charge on any atom is 0.416 e. The molecule has 0 bridgehead atoms. The number of aliphatic imine (C=N–C) groups is 1. The molecule has 8 heteroatoms. The van der Waals surface area contributed by atoms with E-state index >= 15 is 0 Å². The molecule has 3 aromatic carbocycles. The van der Waals surface area contributed by atoms with Crippen LogP contribution in [0.25, 0.3) is 10.9 Å². The van der Waals surface area contributed by atoms with E-state index in [4.69, 9.17) is 21.3 Å². The second kappa shape index (κ2) is 8.99. The number of alkyl halides is 3. The van der Waals surface area contributed by atoms with E-state index in [-0.39, 0.29) is 11.8 Å². The van der Waals surface area contributed by atoms with Gasteiger partial charge in [-0.3, -0.25) is 9.98 Å². The monoisotopic (exact) mass is 481 g/mol. The zero-order valence-electron chi connectivity index (χ0n) is 17.8. The second-order valence-corrected chi connectivity index (χ2v) is 8.44. The number of benzene rings is 3. The molecule has 0 saturated heterocycles. The van der Waals surface area contributed by atoms with Gasteiger partial charge in [0.05, 0.1) is 35.4 Å². The molecular weight excluding hydrogens is 463 g/mol. The quantitative estimate of drug-likeness (QED) is 0.346. The third-order valence-corrected chi connectivity index (χ3v) is 5.82. The highest BCUT2D eigenvalue weighted by Crippen LogP contribution is 2.35. The Morgan fingerprint density at radius 2 is 1.79 bits per heavy atom. The average molecular weight is 482 g/mol. The molecule has 1 atom stereocenters. The Morgan fingerprint density at radius 1 is 1.00 bits per heavy atom. The minimum absolute atomic E-state index is 0.0597. The van der Waals surface area contributed by atoms with Crippen molar-refractivity contribution in [2.75, 3.05) is 6.54 Å². The lowest BCUT2D eigenvalue weighted by Gasteiger charge is -2.17. The number of para-hydroxylation sites is 1. The summed E-state index contributed by atoms with van der Waals surface area (Å²) in [6.07, 6.45) is -2.19. The SMILES string of the molecule is FC(F)(F)c1cccc(Oc2cnc3ccccc3c2C2=NC[C@@H](Cc3ccc(Cl)cc3)N2)c1. The maximum absolute atomic E-state index is 13.2. The molecule has 0 aliphatic carbocycles. The summed E-state index contributed by atoms with van der Waals surface area (Å²) in [6.45, 7) is 0.553. The van der Waals surface area contributed by atoms with E-state index in [9.17, 15) is 13.2 Å². The lowest BCUT2D eigenvalue weighted by molar-refractivity contribution is -0.137. The van der Waals surface area contributed by atoms with Crippen molar-refractivity contribution in [1.29, 1.82) is 0 Å². The summed E-state index contributed by atoms with van der Waals surface area (Å²) < 4.78 is 45.5. The molecule has 34 heavy (non-hydrogen) atoms. The summed E-state index contributed by atoms with van der Waals surface area (Å²) in [7, 11) is 0. The van der Waals surface area contributed by atoms with Crippen LogP contribution in [0.2, 0.25) is 5.02 Å². The maximum atomic E-state index is 13.2. The van der Waals surface area contributed by atoms with Crippen molar-refractivity contribution in [2.45, 2.75) is 18.6 Å². The van der Waals surface area contributed by atoms with Crippen LogP contribution < -0.4 is 10.1 Å². The molecule has 0 radical (unpaired) electrons. The van der Waals surface area contributed by atoms with Gasteiger partial charge >= 0.3 is 6.18 Å². The smallest absolute Gasteiger partial charge is 0.416 e. The molecule has 4 aromatic rings. The van der Waals surface area contributed by atoms with Crippen molar-refractivity contribution in [1.82, 2.24) is 10.3 Å². The van der Waals surface area contributed by atoms with Crippen LogP contribution in [0, 0.1) is 0 Å². The number of fused-ring (bicyclic) bond motifs is 1. The Hall–Kier alpha value is -3.58. The van der Waals surface area contributed by atoms with E-state index in [1.807, 2.05) is 48.5 Å². The highest BCUT2D eigenvalue weighted by molar-refractivity contribution is 6.30. The van der Waals surface area contributed by atoms with Crippen molar-refractivity contribution in [3.63, 3.8) is 0 Å². The van der Waals surface area contributed by atoms with Crippen molar-refractivity contribution < 1.29 is 17.9 Å². The van der Waals surface area contributed by atoms with E-state index in [1.54, 1.807) is 0 Å². The fraction of sp³-hybridized carbons (Fsp3) is 0.154. The summed E-state index contributed by atoms with van der Waals surface area (Å²) in [5, 5.41) is 4.93. The first-order valence-corrected chi connectivity index (χ1v) is 11.0. The summed E-state index contributed by atoms with van der Waals surface area (Å²) >= 11 is 5.99. The largest absolute Gasteiger partial charge is 0.455 e. The van der Waals surface area contributed by atoms with Gasteiger partial charge < -0.3 is 10.1 Å². The molecule has 0 unspecified atom stereocenters. The van der Waals surface area contributed by atoms with E-state index in [1.165, 1.54) is 18.3 Å². The van der Waals surface area contributed by atoms with E-state index in [2.05, 4.69) is 10.3 Å². The molecule has 0 amide bonds. The lowest BCUT2D eigenvalue weighted by atomic mass is 10.1. The summed E-state index contributed by atoms with van der Waals surface area (Å²) in [4.78, 5) is 9.14. The van der Waals surface area contributed by atoms with Crippen molar-refractivity contribution in [2.24, 2.45) is 4.99 Å². The number of nitrogens with zero attached hydrogens (tertiary/aromatic N) is 2. The van der Waals surface area contributed by atoms with E-state index in [0.717, 1.165) is 35.0 Å². The fourth-order valence-corrected chi connectivity index (χ4v) is 4.09. The number of pyridine rings is 1. The van der Waals surface area contributed by atoms with Crippen LogP contribution in [0.5, 0.6) is 11.5 Å². The Labute approximate surface area is 199 Å². The second-order valence-electron chi connectivity index (χ2n) is 8.00. The van der Waals surface area contributed by atoms with Crippen molar-refractivity contribution in [3.8, 4) is 11.5 Å². The number of ether oxygens (including phenoxy) is 1. The lowest BCUT2D eigenvalue weighted by Crippen LogP contribution is -2.32. The molecule has 2 heterocycles. The fourth-order valence-electron chi connectivity index (χ4n) is 3.97. The first kappa shape index (κ1) is 22.2. The van der Waals surface area contributed by atoms with Crippen LogP contribution in [-0.2, 0) is 12.6 Å². The Balaban J connectivity index is 1.47. The number of rotatable bonds is 5. The Kier molecular flexibility index (Phi) is 5.87. The van der Waals surface area contributed by atoms with Gasteiger partial charge in [0, 0.05) is 10.4 Å². The molecule has 1 N–H and O–H groups in total. The summed E-state index contributed by atoms with van der Waals surface area (Å²) in [5.41, 5.74) is 1.75. The van der Waals surface area contributed by atoms with Crippen LogP contribution in [0.3, 0.4) is 0 Å². The molecule has 0 fully saturated rings. The molecular formula is C26H19ClF3N3O. The van der Waals surface area contributed by atoms with Gasteiger partial charge in [-0.15, -0.1) is 0 Å². The Morgan fingerprint density at radius 3 is 2.59 bits per heavy atom. The normalized spacial score (nSPS) is 15.8. The molecule has 1 aliphatic heterocycles. The number of amidine groups is 1. The van der Waals surface area contributed by atoms with Crippen molar-refractivity contribution >= 4 is 28.3 Å². The first-order chi connectivity index (χ1) is 16.4. The third kappa shape index (κ3) is 4.70. The van der Waals surface area contributed by atoms with Crippen LogP contribution in [0.15, 0.2) is 84.0 Å². The number of nitrogens with one attached hydrogen (secondary N) is 1. The minimum Gasteiger partial charge on any atom is -0.455 e. The average Bonchev–Trinajstić information content (AvgIpc) is 3.28. The van der Waals surface area contributed by atoms with Gasteiger partial charge in [-0.1, -0.05) is 48.0 Å². The minimum atomic E-state index is -4.46. The van der Waals surface area contributed by atoms with Gasteiger partial charge in [-0.25, -0.2) is 0 Å². The topological polar surface area (TPSA) is 46.5 Å². The molecule has 0 saturated carbocycles. The number of hydrogen-bond donors (Lipinski definition) is 1. The van der Waals surface area contributed by atoms with Gasteiger partial charge in [-0.2, -0.15) is 13.2 Å². The van der Waals surface area contributed by atoms with E-state index in [0.29, 0.717) is 28.7 Å². The van der Waals surface area contributed by atoms with Crippen LogP contribution >= 0.6 is 11.6 Å². The number of halogens is 4.